The Kier molecular flexibility index (Phi) is 7.67. The SMILES string of the molecule is CCS(=O)(=O)Oc1cccc(CN(CC(C)C)C(=O)Nc2c(C)cccc2C)c1. The number of hydrogen-bond acceptors (Lipinski definition) is 4. The van der Waals surface area contributed by atoms with E-state index in [0.29, 0.717) is 13.1 Å². The van der Waals surface area contributed by atoms with Gasteiger partial charge in [0, 0.05) is 18.8 Å². The van der Waals surface area contributed by atoms with Crippen LogP contribution in [0.25, 0.3) is 0 Å². The van der Waals surface area contributed by atoms with Crippen LogP contribution >= 0.6 is 0 Å². The van der Waals surface area contributed by atoms with Gasteiger partial charge in [-0.1, -0.05) is 44.2 Å². The number of amides is 2. The van der Waals surface area contributed by atoms with Crippen LogP contribution in [0.4, 0.5) is 10.5 Å². The molecule has 158 valence electrons. The summed E-state index contributed by atoms with van der Waals surface area (Å²) in [5.74, 6) is 0.428. The van der Waals surface area contributed by atoms with Gasteiger partial charge in [0.05, 0.1) is 5.75 Å². The first-order chi connectivity index (χ1) is 13.6. The first kappa shape index (κ1) is 22.7. The molecule has 0 saturated heterocycles. The average Bonchev–Trinajstić information content (AvgIpc) is 2.64. The largest absolute Gasteiger partial charge is 0.382 e. The molecule has 2 aromatic carbocycles. The summed E-state index contributed by atoms with van der Waals surface area (Å²) in [6, 6.07) is 12.5. The van der Waals surface area contributed by atoms with E-state index in [0.717, 1.165) is 22.4 Å². The fraction of sp³-hybridized carbons (Fsp3) is 0.409. The summed E-state index contributed by atoms with van der Waals surface area (Å²) in [6.07, 6.45) is 0. The molecule has 0 heterocycles. The van der Waals surface area contributed by atoms with E-state index in [1.165, 1.54) is 6.92 Å². The number of urea groups is 1. The maximum atomic E-state index is 13.0. The Hall–Kier alpha value is -2.54. The van der Waals surface area contributed by atoms with E-state index in [1.807, 2.05) is 52.0 Å². The molecule has 29 heavy (non-hydrogen) atoms. The van der Waals surface area contributed by atoms with E-state index in [4.69, 9.17) is 4.18 Å². The van der Waals surface area contributed by atoms with Gasteiger partial charge in [0.1, 0.15) is 5.75 Å². The van der Waals surface area contributed by atoms with Crippen LogP contribution in [0, 0.1) is 19.8 Å². The molecule has 0 unspecified atom stereocenters. The van der Waals surface area contributed by atoms with E-state index in [2.05, 4.69) is 5.32 Å². The third kappa shape index (κ3) is 6.78. The summed E-state index contributed by atoms with van der Waals surface area (Å²) in [5, 5.41) is 3.03. The molecule has 0 aliphatic rings. The predicted molar refractivity (Wildman–Crippen MR) is 117 cm³/mol. The van der Waals surface area contributed by atoms with Crippen molar-refractivity contribution < 1.29 is 17.4 Å². The molecule has 0 spiro atoms. The topological polar surface area (TPSA) is 75.7 Å². The number of para-hydroxylation sites is 1. The molecule has 0 aliphatic heterocycles. The van der Waals surface area contributed by atoms with Gasteiger partial charge < -0.3 is 14.4 Å². The van der Waals surface area contributed by atoms with Crippen LogP contribution < -0.4 is 9.50 Å². The van der Waals surface area contributed by atoms with Gasteiger partial charge in [0.2, 0.25) is 0 Å². The van der Waals surface area contributed by atoms with Crippen LogP contribution in [0.5, 0.6) is 5.75 Å². The Morgan fingerprint density at radius 1 is 1.10 bits per heavy atom. The average molecular weight is 419 g/mol. The minimum atomic E-state index is -3.60. The fourth-order valence-electron chi connectivity index (χ4n) is 2.98. The van der Waals surface area contributed by atoms with Crippen LogP contribution in [-0.2, 0) is 16.7 Å². The van der Waals surface area contributed by atoms with E-state index >= 15 is 0 Å². The Bertz CT molecular complexity index is 935. The highest BCUT2D eigenvalue weighted by Crippen LogP contribution is 2.22. The number of aryl methyl sites for hydroxylation is 2. The Balaban J connectivity index is 2.21. The summed E-state index contributed by atoms with van der Waals surface area (Å²) >= 11 is 0. The van der Waals surface area contributed by atoms with Gasteiger partial charge in [-0.05, 0) is 55.5 Å². The van der Waals surface area contributed by atoms with E-state index in [1.54, 1.807) is 23.1 Å². The molecule has 0 aromatic heterocycles. The van der Waals surface area contributed by atoms with E-state index < -0.39 is 10.1 Å². The summed E-state index contributed by atoms with van der Waals surface area (Å²) in [5.41, 5.74) is 3.62. The Labute approximate surface area is 174 Å². The third-order valence-electron chi connectivity index (χ3n) is 4.43. The maximum Gasteiger partial charge on any atom is 0.322 e. The van der Waals surface area contributed by atoms with Crippen molar-refractivity contribution in [3.05, 3.63) is 59.2 Å². The number of carbonyl (C=O) groups is 1. The monoisotopic (exact) mass is 418 g/mol. The fourth-order valence-corrected chi connectivity index (χ4v) is 3.49. The first-order valence-corrected chi connectivity index (χ1v) is 11.3. The lowest BCUT2D eigenvalue weighted by Crippen LogP contribution is -2.37. The van der Waals surface area contributed by atoms with Crippen molar-refractivity contribution in [3.63, 3.8) is 0 Å². The highest BCUT2D eigenvalue weighted by molar-refractivity contribution is 7.87. The van der Waals surface area contributed by atoms with Gasteiger partial charge in [-0.25, -0.2) is 4.79 Å². The van der Waals surface area contributed by atoms with Crippen LogP contribution in [-0.4, -0.2) is 31.6 Å². The number of nitrogens with zero attached hydrogens (tertiary/aromatic N) is 1. The predicted octanol–water partition coefficient (Wildman–Crippen LogP) is 4.72. The quantitative estimate of drug-likeness (QED) is 0.629. The smallest absolute Gasteiger partial charge is 0.322 e. The second-order valence-corrected chi connectivity index (χ2v) is 9.41. The summed E-state index contributed by atoms with van der Waals surface area (Å²) in [7, 11) is -3.60. The Morgan fingerprint density at radius 2 is 1.72 bits per heavy atom. The second kappa shape index (κ2) is 9.78. The number of anilines is 1. The lowest BCUT2D eigenvalue weighted by atomic mass is 10.1. The molecule has 2 aromatic rings. The lowest BCUT2D eigenvalue weighted by Gasteiger charge is -2.26. The third-order valence-corrected chi connectivity index (χ3v) is 5.59. The minimum absolute atomic E-state index is 0.102. The second-order valence-electron chi connectivity index (χ2n) is 7.55. The molecule has 7 heteroatoms. The highest BCUT2D eigenvalue weighted by Gasteiger charge is 2.18. The molecule has 0 radical (unpaired) electrons. The van der Waals surface area contributed by atoms with Crippen molar-refractivity contribution >= 4 is 21.8 Å². The summed E-state index contributed by atoms with van der Waals surface area (Å²) < 4.78 is 28.5. The van der Waals surface area contributed by atoms with E-state index in [9.17, 15) is 13.2 Å². The van der Waals surface area contributed by atoms with Gasteiger partial charge in [-0.15, -0.1) is 0 Å². The minimum Gasteiger partial charge on any atom is -0.382 e. The van der Waals surface area contributed by atoms with Gasteiger partial charge in [0.25, 0.3) is 0 Å². The molecular formula is C22H30N2O4S. The van der Waals surface area contributed by atoms with Crippen molar-refractivity contribution in [1.29, 1.82) is 0 Å². The van der Waals surface area contributed by atoms with Crippen LogP contribution in [0.2, 0.25) is 0 Å². The van der Waals surface area contributed by atoms with Crippen molar-refractivity contribution in [2.24, 2.45) is 5.92 Å². The number of rotatable bonds is 8. The molecule has 6 nitrogen and oxygen atoms in total. The van der Waals surface area contributed by atoms with E-state index in [-0.39, 0.29) is 23.5 Å². The molecule has 2 rings (SSSR count). The zero-order valence-electron chi connectivity index (χ0n) is 17.7. The summed E-state index contributed by atoms with van der Waals surface area (Å²) in [6.45, 7) is 10.5. The number of benzene rings is 2. The van der Waals surface area contributed by atoms with Crippen LogP contribution in [0.15, 0.2) is 42.5 Å². The summed E-state index contributed by atoms with van der Waals surface area (Å²) in [4.78, 5) is 14.7. The number of carbonyl (C=O) groups excluding carboxylic acids is 1. The molecule has 2 amide bonds. The van der Waals surface area contributed by atoms with Crippen molar-refractivity contribution in [2.45, 2.75) is 41.2 Å². The van der Waals surface area contributed by atoms with Crippen LogP contribution in [0.1, 0.15) is 37.5 Å². The zero-order valence-corrected chi connectivity index (χ0v) is 18.5. The van der Waals surface area contributed by atoms with Crippen LogP contribution in [0.3, 0.4) is 0 Å². The standard InChI is InChI=1S/C22H30N2O4S/c1-6-29(26,27)28-20-12-8-11-19(13-20)15-24(14-16(2)3)22(25)23-21-17(4)9-7-10-18(21)5/h7-13,16H,6,14-15H2,1-5H3,(H,23,25). The molecular weight excluding hydrogens is 388 g/mol. The molecule has 0 atom stereocenters. The number of nitrogens with one attached hydrogen (secondary N) is 1. The maximum absolute atomic E-state index is 13.0. The first-order valence-electron chi connectivity index (χ1n) is 9.74. The molecule has 0 saturated carbocycles. The van der Waals surface area contributed by atoms with Gasteiger partial charge in [0.15, 0.2) is 0 Å². The zero-order chi connectivity index (χ0) is 21.6. The normalized spacial score (nSPS) is 11.4. The number of hydrogen-bond donors (Lipinski definition) is 1. The molecule has 0 aliphatic carbocycles. The van der Waals surface area contributed by atoms with Gasteiger partial charge in [-0.2, -0.15) is 8.42 Å². The van der Waals surface area contributed by atoms with Gasteiger partial charge in [-0.3, -0.25) is 0 Å². The Morgan fingerprint density at radius 3 is 2.31 bits per heavy atom. The van der Waals surface area contributed by atoms with Crippen molar-refractivity contribution in [3.8, 4) is 5.75 Å². The van der Waals surface area contributed by atoms with Crippen molar-refractivity contribution in [2.75, 3.05) is 17.6 Å². The van der Waals surface area contributed by atoms with Crippen molar-refractivity contribution in [1.82, 2.24) is 4.90 Å². The van der Waals surface area contributed by atoms with Gasteiger partial charge >= 0.3 is 16.1 Å². The lowest BCUT2D eigenvalue weighted by molar-refractivity contribution is 0.201. The molecule has 0 fully saturated rings. The highest BCUT2D eigenvalue weighted by atomic mass is 32.2. The molecule has 0 bridgehead atoms. The molecule has 1 N–H and O–H groups in total.